The van der Waals surface area contributed by atoms with Crippen LogP contribution >= 0.6 is 11.6 Å². The van der Waals surface area contributed by atoms with Crippen molar-refractivity contribution in [1.82, 2.24) is 0 Å². The summed E-state index contributed by atoms with van der Waals surface area (Å²) in [6.07, 6.45) is 1.81. The van der Waals surface area contributed by atoms with E-state index in [-0.39, 0.29) is 5.91 Å². The minimum atomic E-state index is -0.975. The molecular weight excluding hydrogens is 368 g/mol. The van der Waals surface area contributed by atoms with Gasteiger partial charge in [0.05, 0.1) is 0 Å². The van der Waals surface area contributed by atoms with Gasteiger partial charge in [0, 0.05) is 29.4 Å². The van der Waals surface area contributed by atoms with Crippen LogP contribution in [0, 0.1) is 0 Å². The number of hydrogen-bond acceptors (Lipinski definition) is 4. The quantitative estimate of drug-likeness (QED) is 0.582. The highest BCUT2D eigenvalue weighted by Crippen LogP contribution is 2.14. The third-order valence-electron chi connectivity index (χ3n) is 3.40. The molecule has 0 spiro atoms. The Morgan fingerprint density at radius 2 is 1.67 bits per heavy atom. The van der Waals surface area contributed by atoms with Gasteiger partial charge < -0.3 is 15.4 Å². The molecule has 2 aromatic rings. The minimum Gasteiger partial charge on any atom is -0.449 e. The standard InChI is InChI=1S/C20H19ClN2O4/c1-13(27-19(25)11-6-15-4-3-5-16(21)12-15)20(26)23-18-9-7-17(8-10-18)22-14(2)24/h3-13H,1-2H3,(H,22,24)(H,23,26)/b11-6+/t13-/m0/s1. The van der Waals surface area contributed by atoms with E-state index in [2.05, 4.69) is 10.6 Å². The summed E-state index contributed by atoms with van der Waals surface area (Å²) in [6.45, 7) is 2.89. The smallest absolute Gasteiger partial charge is 0.331 e. The van der Waals surface area contributed by atoms with Gasteiger partial charge in [-0.15, -0.1) is 0 Å². The fourth-order valence-electron chi connectivity index (χ4n) is 2.13. The van der Waals surface area contributed by atoms with Gasteiger partial charge in [0.25, 0.3) is 5.91 Å². The van der Waals surface area contributed by atoms with Gasteiger partial charge >= 0.3 is 5.97 Å². The van der Waals surface area contributed by atoms with E-state index in [1.54, 1.807) is 54.6 Å². The molecule has 0 heterocycles. The number of carbonyl (C=O) groups is 3. The maximum absolute atomic E-state index is 12.1. The molecule has 0 bridgehead atoms. The molecule has 2 aromatic carbocycles. The molecule has 0 aliphatic rings. The number of rotatable bonds is 6. The fourth-order valence-corrected chi connectivity index (χ4v) is 2.32. The van der Waals surface area contributed by atoms with Crippen LogP contribution in [0.1, 0.15) is 19.4 Å². The molecule has 0 saturated carbocycles. The molecule has 27 heavy (non-hydrogen) atoms. The van der Waals surface area contributed by atoms with E-state index in [0.717, 1.165) is 5.56 Å². The van der Waals surface area contributed by atoms with Crippen molar-refractivity contribution in [2.75, 3.05) is 10.6 Å². The first-order valence-corrected chi connectivity index (χ1v) is 8.54. The summed E-state index contributed by atoms with van der Waals surface area (Å²) in [5.74, 6) is -1.29. The molecule has 2 amide bonds. The Morgan fingerprint density at radius 1 is 1.04 bits per heavy atom. The first-order chi connectivity index (χ1) is 12.8. The molecule has 0 unspecified atom stereocenters. The zero-order chi connectivity index (χ0) is 19.8. The molecule has 2 rings (SSSR count). The summed E-state index contributed by atoms with van der Waals surface area (Å²) < 4.78 is 5.08. The van der Waals surface area contributed by atoms with E-state index < -0.39 is 18.0 Å². The average molecular weight is 387 g/mol. The third-order valence-corrected chi connectivity index (χ3v) is 3.63. The van der Waals surface area contributed by atoms with Gasteiger partial charge in [-0.1, -0.05) is 23.7 Å². The molecule has 0 aliphatic heterocycles. The van der Waals surface area contributed by atoms with Crippen LogP contribution in [-0.2, 0) is 19.1 Å². The number of halogens is 1. The van der Waals surface area contributed by atoms with Crippen molar-refractivity contribution in [3.63, 3.8) is 0 Å². The van der Waals surface area contributed by atoms with Crippen LogP contribution in [0.5, 0.6) is 0 Å². The SMILES string of the molecule is CC(=O)Nc1ccc(NC(=O)[C@H](C)OC(=O)/C=C/c2cccc(Cl)c2)cc1. The number of amides is 2. The second-order valence-corrected chi connectivity index (χ2v) is 6.15. The van der Waals surface area contributed by atoms with Gasteiger partial charge in [-0.2, -0.15) is 0 Å². The van der Waals surface area contributed by atoms with Gasteiger partial charge in [-0.05, 0) is 55.0 Å². The molecule has 0 saturated heterocycles. The summed E-state index contributed by atoms with van der Waals surface area (Å²) in [7, 11) is 0. The van der Waals surface area contributed by atoms with Gasteiger partial charge in [-0.25, -0.2) is 4.79 Å². The van der Waals surface area contributed by atoms with Crippen molar-refractivity contribution in [2.45, 2.75) is 20.0 Å². The van der Waals surface area contributed by atoms with Crippen molar-refractivity contribution < 1.29 is 19.1 Å². The lowest BCUT2D eigenvalue weighted by molar-refractivity contribution is -0.148. The summed E-state index contributed by atoms with van der Waals surface area (Å²) in [6, 6.07) is 13.6. The number of carbonyl (C=O) groups excluding carboxylic acids is 3. The molecule has 0 radical (unpaired) electrons. The zero-order valence-corrected chi connectivity index (χ0v) is 15.6. The maximum Gasteiger partial charge on any atom is 0.331 e. The van der Waals surface area contributed by atoms with E-state index in [1.807, 2.05) is 0 Å². The normalized spacial score (nSPS) is 11.7. The van der Waals surface area contributed by atoms with Crippen LogP contribution in [-0.4, -0.2) is 23.9 Å². The summed E-state index contributed by atoms with van der Waals surface area (Å²) in [4.78, 5) is 35.0. The molecule has 1 atom stereocenters. The van der Waals surface area contributed by atoms with E-state index in [0.29, 0.717) is 16.4 Å². The lowest BCUT2D eigenvalue weighted by Crippen LogP contribution is -2.29. The predicted molar refractivity (Wildman–Crippen MR) is 105 cm³/mol. The summed E-state index contributed by atoms with van der Waals surface area (Å²) in [5.41, 5.74) is 1.88. The third kappa shape index (κ3) is 6.95. The topological polar surface area (TPSA) is 84.5 Å². The molecule has 7 heteroatoms. The molecule has 0 aromatic heterocycles. The van der Waals surface area contributed by atoms with Crippen molar-refractivity contribution in [3.8, 4) is 0 Å². The van der Waals surface area contributed by atoms with Gasteiger partial charge in [0.2, 0.25) is 5.91 Å². The lowest BCUT2D eigenvalue weighted by atomic mass is 10.2. The fraction of sp³-hybridized carbons (Fsp3) is 0.150. The second-order valence-electron chi connectivity index (χ2n) is 5.72. The van der Waals surface area contributed by atoms with E-state index in [1.165, 1.54) is 19.9 Å². The van der Waals surface area contributed by atoms with Crippen molar-refractivity contribution in [1.29, 1.82) is 0 Å². The first kappa shape index (κ1) is 20.2. The largest absolute Gasteiger partial charge is 0.449 e. The monoisotopic (exact) mass is 386 g/mol. The number of hydrogen-bond donors (Lipinski definition) is 2. The highest BCUT2D eigenvalue weighted by Gasteiger charge is 2.16. The van der Waals surface area contributed by atoms with Crippen molar-refractivity contribution >= 4 is 46.8 Å². The van der Waals surface area contributed by atoms with E-state index in [4.69, 9.17) is 16.3 Å². The van der Waals surface area contributed by atoms with Crippen LogP contribution < -0.4 is 10.6 Å². The summed E-state index contributed by atoms with van der Waals surface area (Å²) in [5, 5.41) is 5.82. The van der Waals surface area contributed by atoms with Crippen molar-refractivity contribution in [3.05, 3.63) is 65.2 Å². The number of benzene rings is 2. The molecule has 0 fully saturated rings. The van der Waals surface area contributed by atoms with Gasteiger partial charge in [-0.3, -0.25) is 9.59 Å². The van der Waals surface area contributed by atoms with E-state index >= 15 is 0 Å². The Hall–Kier alpha value is -3.12. The first-order valence-electron chi connectivity index (χ1n) is 8.16. The van der Waals surface area contributed by atoms with Gasteiger partial charge in [0.1, 0.15) is 0 Å². The van der Waals surface area contributed by atoms with Crippen LogP contribution in [0.25, 0.3) is 6.08 Å². The molecule has 6 nitrogen and oxygen atoms in total. The Labute approximate surface area is 162 Å². The molecule has 0 aliphatic carbocycles. The second kappa shape index (κ2) is 9.54. The van der Waals surface area contributed by atoms with Crippen molar-refractivity contribution in [2.24, 2.45) is 0 Å². The van der Waals surface area contributed by atoms with Crippen LogP contribution in [0.3, 0.4) is 0 Å². The highest BCUT2D eigenvalue weighted by atomic mass is 35.5. The van der Waals surface area contributed by atoms with Gasteiger partial charge in [0.15, 0.2) is 6.10 Å². The Kier molecular flexibility index (Phi) is 7.14. The predicted octanol–water partition coefficient (Wildman–Crippen LogP) is 3.88. The number of ether oxygens (including phenoxy) is 1. The van der Waals surface area contributed by atoms with E-state index in [9.17, 15) is 14.4 Å². The Bertz CT molecular complexity index is 863. The number of esters is 1. The minimum absolute atomic E-state index is 0.182. The molecular formula is C20H19ClN2O4. The average Bonchev–Trinajstić information content (AvgIpc) is 2.61. The number of nitrogens with one attached hydrogen (secondary N) is 2. The summed E-state index contributed by atoms with van der Waals surface area (Å²) >= 11 is 5.87. The maximum atomic E-state index is 12.1. The van der Waals surface area contributed by atoms with Crippen LogP contribution in [0.4, 0.5) is 11.4 Å². The molecule has 140 valence electrons. The van der Waals surface area contributed by atoms with Crippen LogP contribution in [0.2, 0.25) is 5.02 Å². The Balaban J connectivity index is 1.87. The van der Waals surface area contributed by atoms with Crippen LogP contribution in [0.15, 0.2) is 54.6 Å². The Morgan fingerprint density at radius 3 is 2.26 bits per heavy atom. The molecule has 2 N–H and O–H groups in total. The zero-order valence-electron chi connectivity index (χ0n) is 14.9. The number of anilines is 2. The highest BCUT2D eigenvalue weighted by molar-refractivity contribution is 6.30. The lowest BCUT2D eigenvalue weighted by Gasteiger charge is -2.12.